The third kappa shape index (κ3) is 2.58. The van der Waals surface area contributed by atoms with Crippen LogP contribution in [0.5, 0.6) is 0 Å². The second-order valence-corrected chi connectivity index (χ2v) is 5.42. The molecule has 0 saturated heterocycles. The molecule has 0 N–H and O–H groups in total. The van der Waals surface area contributed by atoms with Crippen LogP contribution in [0.15, 0.2) is 0 Å². The lowest BCUT2D eigenvalue weighted by Gasteiger charge is -2.37. The fourth-order valence-electron chi connectivity index (χ4n) is 3.60. The Balaban J connectivity index is 1.92. The Labute approximate surface area is 99.6 Å². The van der Waals surface area contributed by atoms with Crippen molar-refractivity contribution < 1.29 is 0 Å². The van der Waals surface area contributed by atoms with E-state index in [2.05, 4.69) is 17.9 Å². The van der Waals surface area contributed by atoms with Gasteiger partial charge >= 0.3 is 0 Å². The Hall–Kier alpha value is -0.550. The summed E-state index contributed by atoms with van der Waals surface area (Å²) in [6.45, 7) is 3.46. The highest BCUT2D eigenvalue weighted by Crippen LogP contribution is 2.33. The van der Waals surface area contributed by atoms with Crippen molar-refractivity contribution in [2.75, 3.05) is 6.54 Å². The lowest BCUT2D eigenvalue weighted by molar-refractivity contribution is 0.111. The van der Waals surface area contributed by atoms with Crippen LogP contribution in [-0.4, -0.2) is 23.5 Å². The molecule has 0 aromatic carbocycles. The van der Waals surface area contributed by atoms with Crippen molar-refractivity contribution in [3.63, 3.8) is 0 Å². The summed E-state index contributed by atoms with van der Waals surface area (Å²) < 4.78 is 0. The molecule has 0 radical (unpaired) electrons. The summed E-state index contributed by atoms with van der Waals surface area (Å²) in [6.07, 6.45) is 10.5. The van der Waals surface area contributed by atoms with Crippen LogP contribution in [0.1, 0.15) is 58.3 Å². The molecule has 0 amide bonds. The van der Waals surface area contributed by atoms with Crippen LogP contribution in [0.4, 0.5) is 0 Å². The van der Waals surface area contributed by atoms with Crippen LogP contribution in [-0.2, 0) is 0 Å². The second kappa shape index (κ2) is 5.68. The van der Waals surface area contributed by atoms with Gasteiger partial charge in [-0.3, -0.25) is 4.90 Å². The van der Waals surface area contributed by atoms with E-state index < -0.39 is 0 Å². The minimum absolute atomic E-state index is 0.336. The SMILES string of the molecule is CCN(C1CCCCC1)C1CCC(C#N)C1. The molecule has 0 aliphatic heterocycles. The average Bonchev–Trinajstić information content (AvgIpc) is 2.80. The maximum atomic E-state index is 8.98. The monoisotopic (exact) mass is 220 g/mol. The van der Waals surface area contributed by atoms with Crippen molar-refractivity contribution in [1.82, 2.24) is 4.90 Å². The molecule has 0 aromatic rings. The van der Waals surface area contributed by atoms with E-state index in [1.165, 1.54) is 45.1 Å². The zero-order chi connectivity index (χ0) is 11.4. The van der Waals surface area contributed by atoms with Gasteiger partial charge in [0.15, 0.2) is 0 Å². The van der Waals surface area contributed by atoms with Gasteiger partial charge in [-0.05, 0) is 38.6 Å². The first-order valence-corrected chi connectivity index (χ1v) is 7.00. The molecule has 16 heavy (non-hydrogen) atoms. The zero-order valence-electron chi connectivity index (χ0n) is 10.5. The highest BCUT2D eigenvalue weighted by molar-refractivity contribution is 4.95. The Bertz CT molecular complexity index is 250. The predicted molar refractivity (Wildman–Crippen MR) is 66.0 cm³/mol. The molecule has 2 nitrogen and oxygen atoms in total. The Morgan fingerprint density at radius 2 is 1.81 bits per heavy atom. The van der Waals surface area contributed by atoms with Gasteiger partial charge in [0.05, 0.1) is 6.07 Å². The van der Waals surface area contributed by atoms with E-state index in [4.69, 9.17) is 5.26 Å². The van der Waals surface area contributed by atoms with E-state index in [1.807, 2.05) is 0 Å². The van der Waals surface area contributed by atoms with Crippen molar-refractivity contribution in [3.05, 3.63) is 0 Å². The number of hydrogen-bond acceptors (Lipinski definition) is 2. The molecule has 0 aromatic heterocycles. The van der Waals surface area contributed by atoms with Crippen LogP contribution >= 0.6 is 0 Å². The van der Waals surface area contributed by atoms with Gasteiger partial charge in [0.1, 0.15) is 0 Å². The van der Waals surface area contributed by atoms with E-state index in [0.717, 1.165) is 18.9 Å². The van der Waals surface area contributed by atoms with Crippen LogP contribution in [0.25, 0.3) is 0 Å². The Morgan fingerprint density at radius 3 is 2.38 bits per heavy atom. The van der Waals surface area contributed by atoms with Gasteiger partial charge < -0.3 is 0 Å². The maximum absolute atomic E-state index is 8.98. The molecule has 2 heteroatoms. The quantitative estimate of drug-likeness (QED) is 0.729. The highest BCUT2D eigenvalue weighted by Gasteiger charge is 2.32. The molecule has 90 valence electrons. The Morgan fingerprint density at radius 1 is 1.06 bits per heavy atom. The molecular formula is C14H24N2. The smallest absolute Gasteiger partial charge is 0.0656 e. The van der Waals surface area contributed by atoms with Gasteiger partial charge in [0, 0.05) is 18.0 Å². The molecule has 0 heterocycles. The molecule has 2 unspecified atom stereocenters. The van der Waals surface area contributed by atoms with Gasteiger partial charge in [-0.1, -0.05) is 26.2 Å². The zero-order valence-corrected chi connectivity index (χ0v) is 10.5. The van der Waals surface area contributed by atoms with E-state index in [0.29, 0.717) is 12.0 Å². The van der Waals surface area contributed by atoms with Crippen molar-refractivity contribution in [2.24, 2.45) is 5.92 Å². The first kappa shape index (κ1) is 11.9. The van der Waals surface area contributed by atoms with Crippen molar-refractivity contribution in [1.29, 1.82) is 5.26 Å². The summed E-state index contributed by atoms with van der Waals surface area (Å²) in [4.78, 5) is 2.70. The first-order chi connectivity index (χ1) is 7.85. The van der Waals surface area contributed by atoms with E-state index in [1.54, 1.807) is 0 Å². The summed E-state index contributed by atoms with van der Waals surface area (Å²) in [5, 5.41) is 8.98. The van der Waals surface area contributed by atoms with E-state index >= 15 is 0 Å². The largest absolute Gasteiger partial charge is 0.298 e. The fraction of sp³-hybridized carbons (Fsp3) is 0.929. The van der Waals surface area contributed by atoms with Gasteiger partial charge in [0.2, 0.25) is 0 Å². The average molecular weight is 220 g/mol. The third-order valence-corrected chi connectivity index (χ3v) is 4.47. The molecule has 2 fully saturated rings. The van der Waals surface area contributed by atoms with Crippen molar-refractivity contribution in [2.45, 2.75) is 70.4 Å². The van der Waals surface area contributed by atoms with Crippen LogP contribution in [0.2, 0.25) is 0 Å². The second-order valence-electron chi connectivity index (χ2n) is 5.42. The van der Waals surface area contributed by atoms with E-state index in [9.17, 15) is 0 Å². The van der Waals surface area contributed by atoms with Gasteiger partial charge in [-0.2, -0.15) is 5.26 Å². The van der Waals surface area contributed by atoms with Crippen molar-refractivity contribution >= 4 is 0 Å². The number of nitrogens with zero attached hydrogens (tertiary/aromatic N) is 2. The van der Waals surface area contributed by atoms with Crippen LogP contribution in [0.3, 0.4) is 0 Å². The molecule has 2 aliphatic carbocycles. The highest BCUT2D eigenvalue weighted by atomic mass is 15.2. The predicted octanol–water partition coefficient (Wildman–Crippen LogP) is 3.33. The summed E-state index contributed by atoms with van der Waals surface area (Å²) in [6, 6.07) is 3.98. The fourth-order valence-corrected chi connectivity index (χ4v) is 3.60. The summed E-state index contributed by atoms with van der Waals surface area (Å²) >= 11 is 0. The van der Waals surface area contributed by atoms with Gasteiger partial charge in [-0.15, -0.1) is 0 Å². The number of hydrogen-bond donors (Lipinski definition) is 0. The standard InChI is InChI=1S/C14H24N2/c1-2-16(13-6-4-3-5-7-13)14-9-8-12(10-14)11-15/h12-14H,2-10H2,1H3. The van der Waals surface area contributed by atoms with Crippen LogP contribution in [0, 0.1) is 17.2 Å². The number of nitriles is 1. The third-order valence-electron chi connectivity index (χ3n) is 4.47. The molecule has 2 saturated carbocycles. The molecule has 2 aliphatic rings. The Kier molecular flexibility index (Phi) is 4.23. The van der Waals surface area contributed by atoms with Gasteiger partial charge in [0.25, 0.3) is 0 Å². The molecule has 0 spiro atoms. The van der Waals surface area contributed by atoms with Crippen LogP contribution < -0.4 is 0 Å². The van der Waals surface area contributed by atoms with Gasteiger partial charge in [-0.25, -0.2) is 0 Å². The molecule has 0 bridgehead atoms. The summed E-state index contributed by atoms with van der Waals surface area (Å²) in [5.74, 6) is 0.336. The molecule has 2 atom stereocenters. The summed E-state index contributed by atoms with van der Waals surface area (Å²) in [7, 11) is 0. The maximum Gasteiger partial charge on any atom is 0.0656 e. The summed E-state index contributed by atoms with van der Waals surface area (Å²) in [5.41, 5.74) is 0. The van der Waals surface area contributed by atoms with E-state index in [-0.39, 0.29) is 0 Å². The lowest BCUT2D eigenvalue weighted by Crippen LogP contribution is -2.43. The molecular weight excluding hydrogens is 196 g/mol. The minimum atomic E-state index is 0.336. The first-order valence-electron chi connectivity index (χ1n) is 7.00. The minimum Gasteiger partial charge on any atom is -0.298 e. The topological polar surface area (TPSA) is 27.0 Å². The molecule has 2 rings (SSSR count). The van der Waals surface area contributed by atoms with Crippen molar-refractivity contribution in [3.8, 4) is 6.07 Å². The number of rotatable bonds is 3. The lowest BCUT2D eigenvalue weighted by atomic mass is 9.93. The normalized spacial score (nSPS) is 31.8.